The lowest BCUT2D eigenvalue weighted by Crippen LogP contribution is -2.28. The van der Waals surface area contributed by atoms with Crippen LogP contribution >= 0.6 is 0 Å². The zero-order valence-electron chi connectivity index (χ0n) is 13.6. The Hall–Kier alpha value is -3.82. The number of nitrogens with one attached hydrogen (secondary N) is 1. The third kappa shape index (κ3) is 3.34. The van der Waals surface area contributed by atoms with E-state index < -0.39 is 22.6 Å². The summed E-state index contributed by atoms with van der Waals surface area (Å²) in [6.07, 6.45) is 1.07. The summed E-state index contributed by atoms with van der Waals surface area (Å²) in [7, 11) is 0. The van der Waals surface area contributed by atoms with E-state index in [9.17, 15) is 20.0 Å². The molecule has 1 amide bonds. The maximum atomic E-state index is 12.2. The van der Waals surface area contributed by atoms with E-state index >= 15 is 0 Å². The quantitative estimate of drug-likeness (QED) is 0.414. The summed E-state index contributed by atoms with van der Waals surface area (Å²) >= 11 is 0. The molecule has 1 atom stereocenters. The molecular weight excluding hydrogens is 340 g/mol. The van der Waals surface area contributed by atoms with Gasteiger partial charge in [-0.2, -0.15) is 5.10 Å². The van der Waals surface area contributed by atoms with E-state index in [4.69, 9.17) is 0 Å². The van der Waals surface area contributed by atoms with Gasteiger partial charge >= 0.3 is 0 Å². The number of hydrogen-bond donors (Lipinski definition) is 1. The van der Waals surface area contributed by atoms with Gasteiger partial charge in [0.05, 0.1) is 16.7 Å². The van der Waals surface area contributed by atoms with Crippen LogP contribution in [0.4, 0.5) is 5.69 Å². The smallest absolute Gasteiger partial charge is 0.270 e. The van der Waals surface area contributed by atoms with E-state index in [2.05, 4.69) is 20.8 Å². The minimum Gasteiger partial charge on any atom is -0.872 e. The number of carbonyl (C=O) groups excluding carboxylic acids is 1. The molecule has 0 aliphatic rings. The maximum Gasteiger partial charge on any atom is 0.270 e. The van der Waals surface area contributed by atoms with Crippen molar-refractivity contribution in [1.82, 2.24) is 20.4 Å². The van der Waals surface area contributed by atoms with Crippen LogP contribution in [0.3, 0.4) is 0 Å². The van der Waals surface area contributed by atoms with Gasteiger partial charge < -0.3 is 5.11 Å². The number of hydrogen-bond acceptors (Lipinski definition) is 7. The number of nitrogens with zero attached hydrogens (tertiary/aromatic N) is 5. The van der Waals surface area contributed by atoms with Crippen LogP contribution in [0.15, 0.2) is 47.6 Å². The first-order chi connectivity index (χ1) is 12.5. The van der Waals surface area contributed by atoms with E-state index in [1.165, 1.54) is 4.68 Å². The minimum atomic E-state index is -0.698. The zero-order valence-corrected chi connectivity index (χ0v) is 13.6. The molecule has 1 N–H and O–H groups in total. The molecule has 10 nitrogen and oxygen atoms in total. The van der Waals surface area contributed by atoms with Gasteiger partial charge in [0.25, 0.3) is 11.6 Å². The average Bonchev–Trinajstić information content (AvgIpc) is 3.06. The lowest BCUT2D eigenvalue weighted by atomic mass is 10.2. The zero-order chi connectivity index (χ0) is 18.7. The average molecular weight is 353 g/mol. The van der Waals surface area contributed by atoms with Gasteiger partial charge in [-0.3, -0.25) is 14.9 Å². The van der Waals surface area contributed by atoms with Gasteiger partial charge in [-0.25, -0.2) is 10.1 Å². The monoisotopic (exact) mass is 353 g/mol. The van der Waals surface area contributed by atoms with Crippen LogP contribution < -0.4 is 10.5 Å². The van der Waals surface area contributed by atoms with Crippen molar-refractivity contribution < 1.29 is 14.8 Å². The van der Waals surface area contributed by atoms with Crippen molar-refractivity contribution in [2.45, 2.75) is 13.0 Å². The first-order valence-electron chi connectivity index (χ1n) is 7.55. The molecule has 0 aliphatic carbocycles. The lowest BCUT2D eigenvalue weighted by Gasteiger charge is -2.11. The van der Waals surface area contributed by atoms with Crippen LogP contribution in [-0.4, -0.2) is 32.0 Å². The number of fused-ring (bicyclic) bond motifs is 1. The van der Waals surface area contributed by atoms with Crippen LogP contribution in [0.5, 0.6) is 5.75 Å². The van der Waals surface area contributed by atoms with E-state index in [0.717, 1.165) is 24.4 Å². The molecule has 0 aliphatic heterocycles. The van der Waals surface area contributed by atoms with Crippen LogP contribution in [0.25, 0.3) is 11.0 Å². The van der Waals surface area contributed by atoms with Gasteiger partial charge in [-0.15, -0.1) is 5.10 Å². The molecular formula is C16H13N6O4-. The Morgan fingerprint density at radius 3 is 2.88 bits per heavy atom. The Morgan fingerprint density at radius 2 is 2.12 bits per heavy atom. The van der Waals surface area contributed by atoms with Crippen LogP contribution in [0.2, 0.25) is 0 Å². The number of non-ortho nitro benzene ring substituents is 1. The minimum absolute atomic E-state index is 0.00152. The van der Waals surface area contributed by atoms with Crippen molar-refractivity contribution in [2.24, 2.45) is 5.10 Å². The number of nitro benzene ring substituents is 1. The number of rotatable bonds is 5. The molecule has 26 heavy (non-hydrogen) atoms. The van der Waals surface area contributed by atoms with Gasteiger partial charge in [0, 0.05) is 12.1 Å². The fourth-order valence-corrected chi connectivity index (χ4v) is 2.29. The largest absolute Gasteiger partial charge is 0.872 e. The van der Waals surface area contributed by atoms with Gasteiger partial charge in [0.1, 0.15) is 11.6 Å². The molecule has 1 aromatic heterocycles. The summed E-state index contributed by atoms with van der Waals surface area (Å²) in [5.74, 6) is -0.918. The molecule has 1 heterocycles. The first-order valence-corrected chi connectivity index (χ1v) is 7.55. The fraction of sp³-hybridized carbons (Fsp3) is 0.125. The van der Waals surface area contributed by atoms with E-state index in [1.807, 2.05) is 12.1 Å². The molecule has 0 radical (unpaired) electrons. The number of nitro groups is 1. The highest BCUT2D eigenvalue weighted by Crippen LogP contribution is 2.19. The summed E-state index contributed by atoms with van der Waals surface area (Å²) < 4.78 is 1.45. The van der Waals surface area contributed by atoms with Crippen molar-refractivity contribution in [3.05, 3.63) is 58.1 Å². The summed E-state index contributed by atoms with van der Waals surface area (Å²) in [6.45, 7) is 1.62. The summed E-state index contributed by atoms with van der Waals surface area (Å²) in [5, 5.41) is 34.1. The molecule has 0 spiro atoms. The molecule has 3 aromatic rings. The van der Waals surface area contributed by atoms with Gasteiger partial charge in [-0.1, -0.05) is 29.2 Å². The molecule has 0 saturated carbocycles. The molecule has 0 saturated heterocycles. The number of amides is 1. The van der Waals surface area contributed by atoms with Crippen LogP contribution in [0.1, 0.15) is 18.5 Å². The van der Waals surface area contributed by atoms with Gasteiger partial charge in [0.2, 0.25) is 0 Å². The Kier molecular flexibility index (Phi) is 4.56. The molecule has 132 valence electrons. The second-order valence-electron chi connectivity index (χ2n) is 5.41. The van der Waals surface area contributed by atoms with Crippen LogP contribution in [0, 0.1) is 10.1 Å². The molecule has 10 heteroatoms. The lowest BCUT2D eigenvalue weighted by molar-refractivity contribution is -0.385. The van der Waals surface area contributed by atoms with E-state index in [-0.39, 0.29) is 11.3 Å². The molecule has 0 fully saturated rings. The normalized spacial score (nSPS) is 12.3. The Morgan fingerprint density at radius 1 is 1.35 bits per heavy atom. The molecule has 0 bridgehead atoms. The highest BCUT2D eigenvalue weighted by atomic mass is 16.6. The Balaban J connectivity index is 1.73. The summed E-state index contributed by atoms with van der Waals surface area (Å²) in [4.78, 5) is 22.4. The predicted molar refractivity (Wildman–Crippen MR) is 90.5 cm³/mol. The first kappa shape index (κ1) is 17.0. The SMILES string of the molecule is C[C@H](C(=O)NN=Cc1cc([N+](=O)[O-])ccc1[O-])n1nnc2ccccc21. The molecule has 0 unspecified atom stereocenters. The second kappa shape index (κ2) is 6.97. The van der Waals surface area contributed by atoms with Crippen LogP contribution in [-0.2, 0) is 4.79 Å². The fourth-order valence-electron chi connectivity index (χ4n) is 2.29. The Labute approximate surface area is 146 Å². The highest BCUT2D eigenvalue weighted by Gasteiger charge is 2.18. The van der Waals surface area contributed by atoms with Gasteiger partial charge in [0.15, 0.2) is 0 Å². The van der Waals surface area contributed by atoms with Crippen molar-refractivity contribution >= 4 is 28.8 Å². The van der Waals surface area contributed by atoms with Crippen molar-refractivity contribution in [3.63, 3.8) is 0 Å². The van der Waals surface area contributed by atoms with E-state index in [1.54, 1.807) is 19.1 Å². The third-order valence-electron chi connectivity index (χ3n) is 3.71. The topological polar surface area (TPSA) is 138 Å². The molecule has 3 rings (SSSR count). The standard InChI is InChI=1S/C16H14N6O4/c1-10(21-14-5-3-2-4-13(14)18-20-21)16(24)19-17-9-11-8-12(22(25)26)6-7-15(11)23/h2-10,23H,1H3,(H,19,24)/p-1/t10-/m1/s1. The molecule has 2 aromatic carbocycles. The second-order valence-corrected chi connectivity index (χ2v) is 5.41. The number of para-hydroxylation sites is 1. The third-order valence-corrected chi connectivity index (χ3v) is 3.71. The summed E-state index contributed by atoms with van der Waals surface area (Å²) in [5.41, 5.74) is 3.41. The summed E-state index contributed by atoms with van der Waals surface area (Å²) in [6, 6.07) is 9.76. The van der Waals surface area contributed by atoms with E-state index in [0.29, 0.717) is 11.0 Å². The van der Waals surface area contributed by atoms with Crippen molar-refractivity contribution in [2.75, 3.05) is 0 Å². The predicted octanol–water partition coefficient (Wildman–Crippen LogP) is 1.12. The van der Waals surface area contributed by atoms with Gasteiger partial charge in [-0.05, 0) is 24.6 Å². The number of carbonyl (C=O) groups is 1. The Bertz CT molecular complexity index is 1010. The van der Waals surface area contributed by atoms with Crippen molar-refractivity contribution in [3.8, 4) is 5.75 Å². The van der Waals surface area contributed by atoms with Crippen molar-refractivity contribution in [1.29, 1.82) is 0 Å². The number of hydrazone groups is 1. The number of benzene rings is 2. The maximum absolute atomic E-state index is 12.2. The highest BCUT2D eigenvalue weighted by molar-refractivity contribution is 5.87. The number of aromatic nitrogens is 3.